The molecule has 2 aromatic carbocycles. The Morgan fingerprint density at radius 2 is 1.52 bits per heavy atom. The summed E-state index contributed by atoms with van der Waals surface area (Å²) in [5, 5.41) is 17.4. The van der Waals surface area contributed by atoms with Gasteiger partial charge in [-0.3, -0.25) is 0 Å². The van der Waals surface area contributed by atoms with Crippen LogP contribution in [0.15, 0.2) is 36.4 Å². The second-order valence-electron chi connectivity index (χ2n) is 4.82. The van der Waals surface area contributed by atoms with E-state index in [9.17, 15) is 14.8 Å². The largest absolute Gasteiger partial charge is 0.594 e. The summed E-state index contributed by atoms with van der Waals surface area (Å²) in [6, 6.07) is 9.42. The van der Waals surface area contributed by atoms with E-state index >= 15 is 0 Å². The highest BCUT2D eigenvalue weighted by atomic mass is 16.5. The van der Waals surface area contributed by atoms with E-state index in [1.807, 2.05) is 0 Å². The van der Waals surface area contributed by atoms with Gasteiger partial charge in [0.15, 0.2) is 0 Å². The standard InChI is InChI=1S/C16H12N2O5/c1-22-15(19)9-3-5-11-12-6-4-10(16(20)23-2)8-14(12)18(21)17-13(11)7-9/h3-8H,1-2H3. The number of benzene rings is 2. The van der Waals surface area contributed by atoms with Gasteiger partial charge in [0.25, 0.3) is 5.52 Å². The second kappa shape index (κ2) is 5.53. The zero-order valence-electron chi connectivity index (χ0n) is 12.4. The molecule has 0 bridgehead atoms. The quantitative estimate of drug-likeness (QED) is 0.309. The summed E-state index contributed by atoms with van der Waals surface area (Å²) in [5.74, 6) is -1.04. The number of aromatic nitrogens is 2. The van der Waals surface area contributed by atoms with Gasteiger partial charge in [-0.15, -0.1) is 0 Å². The number of rotatable bonds is 2. The van der Waals surface area contributed by atoms with Crippen molar-refractivity contribution in [3.05, 3.63) is 52.7 Å². The number of hydrogen-bond acceptors (Lipinski definition) is 6. The number of methoxy groups -OCH3 is 2. The van der Waals surface area contributed by atoms with Crippen molar-refractivity contribution in [3.8, 4) is 0 Å². The number of carbonyl (C=O) groups excluding carboxylic acids is 2. The molecule has 116 valence electrons. The van der Waals surface area contributed by atoms with Crippen LogP contribution in [0.25, 0.3) is 21.8 Å². The number of fused-ring (bicyclic) bond motifs is 3. The summed E-state index contributed by atoms with van der Waals surface area (Å²) in [6.07, 6.45) is 0. The molecule has 0 aliphatic carbocycles. The smallest absolute Gasteiger partial charge is 0.338 e. The topological polar surface area (TPSA) is 92.4 Å². The van der Waals surface area contributed by atoms with E-state index < -0.39 is 11.9 Å². The van der Waals surface area contributed by atoms with Gasteiger partial charge in [-0.1, -0.05) is 6.07 Å². The van der Waals surface area contributed by atoms with Crippen molar-refractivity contribution in [3.63, 3.8) is 0 Å². The van der Waals surface area contributed by atoms with Crippen LogP contribution < -0.4 is 4.85 Å². The number of carbonyl (C=O) groups is 2. The van der Waals surface area contributed by atoms with E-state index in [1.165, 1.54) is 26.4 Å². The van der Waals surface area contributed by atoms with Crippen LogP contribution in [0, 0.1) is 5.21 Å². The Kier molecular flexibility index (Phi) is 3.53. The van der Waals surface area contributed by atoms with Crippen LogP contribution >= 0.6 is 0 Å². The predicted octanol–water partition coefficient (Wildman–Crippen LogP) is 1.59. The maximum atomic E-state index is 12.1. The molecular formula is C16H12N2O5. The van der Waals surface area contributed by atoms with Gasteiger partial charge in [-0.05, 0) is 29.1 Å². The normalized spacial score (nSPS) is 10.7. The van der Waals surface area contributed by atoms with Gasteiger partial charge in [-0.2, -0.15) is 0 Å². The first-order chi connectivity index (χ1) is 11.0. The molecule has 0 unspecified atom stereocenters. The molecule has 7 heteroatoms. The summed E-state index contributed by atoms with van der Waals surface area (Å²) in [4.78, 5) is 23.6. The van der Waals surface area contributed by atoms with Crippen LogP contribution in [0.5, 0.6) is 0 Å². The maximum absolute atomic E-state index is 12.1. The van der Waals surface area contributed by atoms with Gasteiger partial charge in [-0.25, -0.2) is 9.59 Å². The minimum Gasteiger partial charge on any atom is -0.594 e. The van der Waals surface area contributed by atoms with Crippen LogP contribution in [0.1, 0.15) is 20.7 Å². The Morgan fingerprint density at radius 1 is 0.957 bits per heavy atom. The van der Waals surface area contributed by atoms with Crippen molar-refractivity contribution in [2.75, 3.05) is 14.2 Å². The molecule has 0 amide bonds. The number of hydrogen-bond donors (Lipinski definition) is 0. The molecule has 0 spiro atoms. The molecule has 1 aromatic heterocycles. The molecule has 23 heavy (non-hydrogen) atoms. The van der Waals surface area contributed by atoms with Crippen molar-refractivity contribution in [2.24, 2.45) is 0 Å². The molecule has 0 N–H and O–H groups in total. The summed E-state index contributed by atoms with van der Waals surface area (Å²) in [7, 11) is 2.55. The lowest BCUT2D eigenvalue weighted by Gasteiger charge is -2.06. The fourth-order valence-electron chi connectivity index (χ4n) is 2.40. The van der Waals surface area contributed by atoms with Crippen molar-refractivity contribution in [2.45, 2.75) is 0 Å². The third-order valence-corrected chi connectivity index (χ3v) is 3.53. The average Bonchev–Trinajstić information content (AvgIpc) is 2.59. The van der Waals surface area contributed by atoms with Crippen molar-refractivity contribution < 1.29 is 23.9 Å². The molecule has 3 aromatic rings. The minimum absolute atomic E-state index is 0.242. The minimum atomic E-state index is -0.534. The van der Waals surface area contributed by atoms with Gasteiger partial charge in [0, 0.05) is 16.6 Å². The van der Waals surface area contributed by atoms with E-state index in [4.69, 9.17) is 0 Å². The highest BCUT2D eigenvalue weighted by molar-refractivity contribution is 6.06. The monoisotopic (exact) mass is 312 g/mol. The van der Waals surface area contributed by atoms with Crippen LogP contribution in [-0.4, -0.2) is 31.3 Å². The summed E-state index contributed by atoms with van der Waals surface area (Å²) in [6.45, 7) is 0. The average molecular weight is 312 g/mol. The number of esters is 2. The van der Waals surface area contributed by atoms with Gasteiger partial charge >= 0.3 is 11.9 Å². The first kappa shape index (κ1) is 14.7. The van der Waals surface area contributed by atoms with E-state index in [2.05, 4.69) is 14.6 Å². The fourth-order valence-corrected chi connectivity index (χ4v) is 2.40. The molecule has 0 aliphatic rings. The number of nitrogens with zero attached hydrogens (tertiary/aromatic N) is 2. The fraction of sp³-hybridized carbons (Fsp3) is 0.125. The Labute approximate surface area is 130 Å². The molecule has 0 fully saturated rings. The molecule has 0 saturated carbocycles. The molecule has 7 nitrogen and oxygen atoms in total. The first-order valence-corrected chi connectivity index (χ1v) is 6.69. The lowest BCUT2D eigenvalue weighted by atomic mass is 10.1. The summed E-state index contributed by atoms with van der Waals surface area (Å²) < 4.78 is 9.30. The van der Waals surface area contributed by atoms with Crippen LogP contribution in [0.2, 0.25) is 0 Å². The molecule has 3 rings (SSSR count). The second-order valence-corrected chi connectivity index (χ2v) is 4.82. The molecule has 1 heterocycles. The molecule has 0 radical (unpaired) electrons. The predicted molar refractivity (Wildman–Crippen MR) is 80.9 cm³/mol. The Bertz CT molecular complexity index is 952. The third-order valence-electron chi connectivity index (χ3n) is 3.53. The zero-order valence-corrected chi connectivity index (χ0v) is 12.4. The van der Waals surface area contributed by atoms with E-state index in [-0.39, 0.29) is 11.1 Å². The third kappa shape index (κ3) is 2.42. The first-order valence-electron chi connectivity index (χ1n) is 6.69. The highest BCUT2D eigenvalue weighted by Crippen LogP contribution is 2.23. The van der Waals surface area contributed by atoms with E-state index in [0.717, 1.165) is 0 Å². The van der Waals surface area contributed by atoms with Crippen molar-refractivity contribution >= 4 is 33.7 Å². The van der Waals surface area contributed by atoms with Gasteiger partial charge in [0.05, 0.1) is 30.7 Å². The van der Waals surface area contributed by atoms with Gasteiger partial charge < -0.3 is 14.7 Å². The molecule has 0 atom stereocenters. The van der Waals surface area contributed by atoms with Crippen LogP contribution in [-0.2, 0) is 9.47 Å². The lowest BCUT2D eigenvalue weighted by molar-refractivity contribution is -0.639. The Hall–Kier alpha value is -3.22. The Morgan fingerprint density at radius 3 is 2.13 bits per heavy atom. The molecule has 0 saturated heterocycles. The van der Waals surface area contributed by atoms with Crippen molar-refractivity contribution in [1.29, 1.82) is 0 Å². The number of ether oxygens (including phenoxy) is 2. The van der Waals surface area contributed by atoms with E-state index in [1.54, 1.807) is 24.3 Å². The maximum Gasteiger partial charge on any atom is 0.338 e. The Balaban J connectivity index is 2.27. The lowest BCUT2D eigenvalue weighted by Crippen LogP contribution is -2.32. The van der Waals surface area contributed by atoms with Crippen LogP contribution in [0.3, 0.4) is 0 Å². The SMILES string of the molecule is COC(=O)c1ccc2c(c1)n[n+]([O-])c1cc(C(=O)OC)ccc21. The molecular weight excluding hydrogens is 300 g/mol. The van der Waals surface area contributed by atoms with E-state index in [0.29, 0.717) is 26.7 Å². The zero-order chi connectivity index (χ0) is 16.6. The molecule has 0 aliphatic heterocycles. The highest BCUT2D eigenvalue weighted by Gasteiger charge is 2.16. The van der Waals surface area contributed by atoms with Gasteiger partial charge in [0.2, 0.25) is 0 Å². The van der Waals surface area contributed by atoms with Crippen LogP contribution in [0.4, 0.5) is 0 Å². The summed E-state index contributed by atoms with van der Waals surface area (Å²) >= 11 is 0. The van der Waals surface area contributed by atoms with Crippen molar-refractivity contribution in [1.82, 2.24) is 5.10 Å². The summed E-state index contributed by atoms with van der Waals surface area (Å²) in [5.41, 5.74) is 1.17. The van der Waals surface area contributed by atoms with Gasteiger partial charge in [0.1, 0.15) is 5.52 Å².